The third kappa shape index (κ3) is 6.18. The van der Waals surface area contributed by atoms with Gasteiger partial charge in [0, 0.05) is 28.9 Å². The van der Waals surface area contributed by atoms with Gasteiger partial charge < -0.3 is 21.1 Å². The molecule has 1 unspecified atom stereocenters. The number of carbonyl (C=O) groups is 1. The highest BCUT2D eigenvalue weighted by atomic mass is 127. The molecule has 0 fully saturated rings. The molecule has 1 atom stereocenters. The van der Waals surface area contributed by atoms with Gasteiger partial charge in [-0.3, -0.25) is 9.79 Å². The number of hydrogen-bond donors (Lipinski definition) is 4. The van der Waals surface area contributed by atoms with Crippen LogP contribution >= 0.6 is 35.3 Å². The van der Waals surface area contributed by atoms with Gasteiger partial charge in [0.15, 0.2) is 5.96 Å². The van der Waals surface area contributed by atoms with Gasteiger partial charge in [-0.2, -0.15) is 0 Å². The zero-order valence-corrected chi connectivity index (χ0v) is 18.5. The van der Waals surface area contributed by atoms with Crippen LogP contribution in [0.5, 0.6) is 0 Å². The lowest BCUT2D eigenvalue weighted by Crippen LogP contribution is -2.42. The molecule has 1 aromatic heterocycles. The molecule has 8 heteroatoms. The Morgan fingerprint density at radius 2 is 1.82 bits per heavy atom. The lowest BCUT2D eigenvalue weighted by Gasteiger charge is -2.14. The summed E-state index contributed by atoms with van der Waals surface area (Å²) < 4.78 is 1.15. The molecular formula is C20H23IN4O2S. The fourth-order valence-electron chi connectivity index (χ4n) is 2.57. The van der Waals surface area contributed by atoms with Crippen molar-refractivity contribution in [1.29, 1.82) is 0 Å². The van der Waals surface area contributed by atoms with Crippen molar-refractivity contribution in [2.45, 2.75) is 6.10 Å². The Kier molecular flexibility index (Phi) is 8.68. The lowest BCUT2D eigenvalue weighted by molar-refractivity contribution is -0.115. The van der Waals surface area contributed by atoms with E-state index in [1.54, 1.807) is 18.4 Å². The summed E-state index contributed by atoms with van der Waals surface area (Å²) >= 11 is 1.57. The molecule has 0 aliphatic carbocycles. The van der Waals surface area contributed by atoms with Crippen molar-refractivity contribution in [3.8, 4) is 0 Å². The number of rotatable bonds is 6. The Morgan fingerprint density at radius 3 is 2.54 bits per heavy atom. The van der Waals surface area contributed by atoms with Crippen molar-refractivity contribution in [3.05, 3.63) is 65.5 Å². The van der Waals surface area contributed by atoms with Crippen LogP contribution in [-0.4, -0.2) is 37.1 Å². The predicted molar refractivity (Wildman–Crippen MR) is 127 cm³/mol. The van der Waals surface area contributed by atoms with Crippen LogP contribution in [0.1, 0.15) is 11.0 Å². The van der Waals surface area contributed by atoms with Crippen LogP contribution in [0.4, 0.5) is 5.69 Å². The summed E-state index contributed by atoms with van der Waals surface area (Å²) in [5.41, 5.74) is 0.743. The number of aliphatic imine (C=N–C) groups is 1. The van der Waals surface area contributed by atoms with Crippen molar-refractivity contribution in [2.24, 2.45) is 4.99 Å². The van der Waals surface area contributed by atoms with Crippen LogP contribution in [0.2, 0.25) is 0 Å². The number of para-hydroxylation sites is 1. The third-order valence-electron chi connectivity index (χ3n) is 3.93. The molecule has 0 bridgehead atoms. The van der Waals surface area contributed by atoms with Crippen LogP contribution in [0.15, 0.2) is 65.7 Å². The monoisotopic (exact) mass is 510 g/mol. The first-order chi connectivity index (χ1) is 13.2. The Bertz CT molecular complexity index is 897. The molecular weight excluding hydrogens is 487 g/mol. The number of aliphatic hydroxyl groups excluding tert-OH is 1. The topological polar surface area (TPSA) is 85.8 Å². The summed E-state index contributed by atoms with van der Waals surface area (Å²) in [5.74, 6) is 0.285. The molecule has 0 spiro atoms. The Hall–Kier alpha value is -2.17. The molecule has 148 valence electrons. The molecule has 0 radical (unpaired) electrons. The molecule has 2 aromatic carbocycles. The minimum Gasteiger partial charge on any atom is -0.386 e. The van der Waals surface area contributed by atoms with E-state index in [9.17, 15) is 9.90 Å². The maximum atomic E-state index is 12.0. The number of aliphatic hydroxyl groups is 1. The molecule has 28 heavy (non-hydrogen) atoms. The number of fused-ring (bicyclic) bond motifs is 1. The maximum absolute atomic E-state index is 12.0. The van der Waals surface area contributed by atoms with Gasteiger partial charge in [-0.1, -0.05) is 36.4 Å². The molecule has 1 heterocycles. The lowest BCUT2D eigenvalue weighted by atomic mass is 10.2. The Morgan fingerprint density at radius 1 is 1.11 bits per heavy atom. The molecule has 3 aromatic rings. The van der Waals surface area contributed by atoms with Gasteiger partial charge in [-0.05, 0) is 29.7 Å². The van der Waals surface area contributed by atoms with Gasteiger partial charge in [0.2, 0.25) is 5.91 Å². The maximum Gasteiger partial charge on any atom is 0.243 e. The number of benzene rings is 2. The standard InChI is InChI=1S/C20H22N4O2S.HI/c1-21-20(23-13-19(26)24-15-8-3-2-4-9-15)22-12-16(25)18-11-14-7-5-6-10-17(14)27-18;/h2-11,16,25H,12-13H2,1H3,(H,24,26)(H2,21,22,23);1H. The first-order valence-corrected chi connectivity index (χ1v) is 9.43. The molecule has 0 aliphatic heterocycles. The van der Waals surface area contributed by atoms with E-state index in [1.165, 1.54) is 0 Å². The predicted octanol–water partition coefficient (Wildman–Crippen LogP) is 3.36. The summed E-state index contributed by atoms with van der Waals surface area (Å²) in [6.45, 7) is 0.375. The first-order valence-electron chi connectivity index (χ1n) is 8.61. The largest absolute Gasteiger partial charge is 0.386 e. The highest BCUT2D eigenvalue weighted by Gasteiger charge is 2.12. The van der Waals surface area contributed by atoms with Gasteiger partial charge in [0.05, 0.1) is 6.54 Å². The number of anilines is 1. The minimum atomic E-state index is -0.654. The van der Waals surface area contributed by atoms with Crippen LogP contribution in [0.25, 0.3) is 10.1 Å². The molecule has 4 N–H and O–H groups in total. The summed E-state index contributed by atoms with van der Waals surface area (Å²) in [7, 11) is 1.62. The summed E-state index contributed by atoms with van der Waals surface area (Å²) in [6.07, 6.45) is -0.654. The number of nitrogens with zero attached hydrogens (tertiary/aromatic N) is 1. The fourth-order valence-corrected chi connectivity index (χ4v) is 3.62. The van der Waals surface area contributed by atoms with Crippen molar-refractivity contribution >= 4 is 63.0 Å². The van der Waals surface area contributed by atoms with Crippen molar-refractivity contribution in [1.82, 2.24) is 10.6 Å². The molecule has 0 aliphatic rings. The average Bonchev–Trinajstić information content (AvgIpc) is 3.13. The van der Waals surface area contributed by atoms with Crippen molar-refractivity contribution in [2.75, 3.05) is 25.5 Å². The van der Waals surface area contributed by atoms with Gasteiger partial charge in [-0.25, -0.2) is 0 Å². The number of hydrogen-bond acceptors (Lipinski definition) is 4. The van der Waals surface area contributed by atoms with E-state index < -0.39 is 6.10 Å². The van der Waals surface area contributed by atoms with Crippen LogP contribution in [-0.2, 0) is 4.79 Å². The number of halogens is 1. The highest BCUT2D eigenvalue weighted by Crippen LogP contribution is 2.29. The quantitative estimate of drug-likeness (QED) is 0.233. The van der Waals surface area contributed by atoms with Gasteiger partial charge in [0.25, 0.3) is 0 Å². The van der Waals surface area contributed by atoms with E-state index in [2.05, 4.69) is 20.9 Å². The first kappa shape index (κ1) is 22.1. The smallest absolute Gasteiger partial charge is 0.243 e. The summed E-state index contributed by atoms with van der Waals surface area (Å²) in [6, 6.07) is 19.3. The molecule has 0 saturated carbocycles. The van der Waals surface area contributed by atoms with E-state index in [1.807, 2.05) is 60.7 Å². The van der Waals surface area contributed by atoms with E-state index in [0.29, 0.717) is 12.5 Å². The van der Waals surface area contributed by atoms with E-state index >= 15 is 0 Å². The Labute approximate surface area is 185 Å². The number of nitrogens with one attached hydrogen (secondary N) is 3. The van der Waals surface area contributed by atoms with E-state index in [0.717, 1.165) is 20.7 Å². The molecule has 0 saturated heterocycles. The van der Waals surface area contributed by atoms with Crippen LogP contribution in [0, 0.1) is 0 Å². The van der Waals surface area contributed by atoms with E-state index in [-0.39, 0.29) is 36.4 Å². The van der Waals surface area contributed by atoms with Gasteiger partial charge >= 0.3 is 0 Å². The van der Waals surface area contributed by atoms with Crippen molar-refractivity contribution < 1.29 is 9.90 Å². The molecule has 3 rings (SSSR count). The van der Waals surface area contributed by atoms with Crippen molar-refractivity contribution in [3.63, 3.8) is 0 Å². The number of carbonyl (C=O) groups excluding carboxylic acids is 1. The second-order valence-electron chi connectivity index (χ2n) is 5.92. The third-order valence-corrected chi connectivity index (χ3v) is 5.15. The van der Waals surface area contributed by atoms with Gasteiger partial charge in [0.1, 0.15) is 6.10 Å². The van der Waals surface area contributed by atoms with Crippen LogP contribution < -0.4 is 16.0 Å². The number of amides is 1. The summed E-state index contributed by atoms with van der Waals surface area (Å²) in [4.78, 5) is 17.0. The highest BCUT2D eigenvalue weighted by molar-refractivity contribution is 14.0. The summed E-state index contributed by atoms with van der Waals surface area (Å²) in [5, 5.41) is 20.3. The minimum absolute atomic E-state index is 0. The second-order valence-corrected chi connectivity index (χ2v) is 7.04. The van der Waals surface area contributed by atoms with Crippen LogP contribution in [0.3, 0.4) is 0 Å². The molecule has 1 amide bonds. The Balaban J connectivity index is 0.00000280. The van der Waals surface area contributed by atoms with E-state index in [4.69, 9.17) is 0 Å². The molecule has 6 nitrogen and oxygen atoms in total. The second kappa shape index (κ2) is 11.0. The number of thiophene rings is 1. The number of guanidine groups is 1. The normalized spacial score (nSPS) is 12.1. The zero-order chi connectivity index (χ0) is 19.1. The fraction of sp³-hybridized carbons (Fsp3) is 0.200. The SMILES string of the molecule is CN=C(NCC(=O)Nc1ccccc1)NCC(O)c1cc2ccccc2s1.I. The zero-order valence-electron chi connectivity index (χ0n) is 15.4. The average molecular weight is 510 g/mol. The van der Waals surface area contributed by atoms with Gasteiger partial charge in [-0.15, -0.1) is 35.3 Å².